The number of pyridine rings is 1. The third kappa shape index (κ3) is 4.50. The highest BCUT2D eigenvalue weighted by molar-refractivity contribution is 7.89. The molecule has 0 aromatic carbocycles. The molecule has 11 nitrogen and oxygen atoms in total. The van der Waals surface area contributed by atoms with Gasteiger partial charge in [-0.1, -0.05) is 13.3 Å². The van der Waals surface area contributed by atoms with Crippen molar-refractivity contribution in [1.82, 2.24) is 33.3 Å². The Kier molecular flexibility index (Phi) is 6.77. The highest BCUT2D eigenvalue weighted by Gasteiger charge is 2.29. The Balaban J connectivity index is 1.56. The molecule has 0 spiro atoms. The van der Waals surface area contributed by atoms with Crippen LogP contribution in [0.5, 0.6) is 0 Å². The monoisotopic (exact) mass is 475 g/mol. The molecule has 1 aliphatic rings. The lowest BCUT2D eigenvalue weighted by molar-refractivity contribution is 0.176. The maximum Gasteiger partial charge on any atom is 0.330 e. The van der Waals surface area contributed by atoms with Crippen LogP contribution in [0.4, 0.5) is 0 Å². The van der Waals surface area contributed by atoms with E-state index in [9.17, 15) is 18.0 Å². The fraction of sp³-hybridized carbons (Fsp3) is 0.524. The van der Waals surface area contributed by atoms with Gasteiger partial charge in [-0.05, 0) is 25.5 Å². The number of rotatable bonds is 8. The molecule has 0 aliphatic carbocycles. The summed E-state index contributed by atoms with van der Waals surface area (Å²) in [6.07, 6.45) is 4.63. The quantitative estimate of drug-likeness (QED) is 0.506. The van der Waals surface area contributed by atoms with Gasteiger partial charge in [0.2, 0.25) is 10.0 Å². The molecule has 178 valence electrons. The zero-order chi connectivity index (χ0) is 23.6. The van der Waals surface area contributed by atoms with Gasteiger partial charge in [-0.25, -0.2) is 18.2 Å². The number of hydrogen-bond donors (Lipinski definition) is 1. The summed E-state index contributed by atoms with van der Waals surface area (Å²) in [5, 5.41) is 0. The zero-order valence-corrected chi connectivity index (χ0v) is 19.7. The van der Waals surface area contributed by atoms with E-state index in [1.165, 1.54) is 15.1 Å². The van der Waals surface area contributed by atoms with Gasteiger partial charge in [0.25, 0.3) is 5.56 Å². The third-order valence-electron chi connectivity index (χ3n) is 5.98. The van der Waals surface area contributed by atoms with Gasteiger partial charge in [0.05, 0.1) is 6.54 Å². The van der Waals surface area contributed by atoms with Crippen LogP contribution in [0, 0.1) is 0 Å². The lowest BCUT2D eigenvalue weighted by atomic mass is 10.3. The Labute approximate surface area is 191 Å². The van der Waals surface area contributed by atoms with Crippen LogP contribution >= 0.6 is 0 Å². The van der Waals surface area contributed by atoms with Gasteiger partial charge in [-0.3, -0.25) is 24.2 Å². The first kappa shape index (κ1) is 23.3. The highest BCUT2D eigenvalue weighted by Crippen LogP contribution is 2.19. The number of piperazine rings is 1. The summed E-state index contributed by atoms with van der Waals surface area (Å²) in [5.41, 5.74) is -0.0638. The minimum Gasteiger partial charge on any atom is -0.321 e. The van der Waals surface area contributed by atoms with E-state index >= 15 is 0 Å². The van der Waals surface area contributed by atoms with Crippen molar-refractivity contribution in [3.05, 3.63) is 51.2 Å². The van der Waals surface area contributed by atoms with Crippen LogP contribution in [0.25, 0.3) is 11.2 Å². The van der Waals surface area contributed by atoms with Crippen molar-refractivity contribution in [1.29, 1.82) is 0 Å². The molecule has 33 heavy (non-hydrogen) atoms. The molecule has 0 atom stereocenters. The number of aryl methyl sites for hydroxylation is 2. The Morgan fingerprint density at radius 3 is 2.48 bits per heavy atom. The normalized spacial score (nSPS) is 15.9. The van der Waals surface area contributed by atoms with Gasteiger partial charge in [0.1, 0.15) is 10.7 Å². The van der Waals surface area contributed by atoms with Crippen LogP contribution in [0.1, 0.15) is 32.5 Å². The molecule has 1 N–H and O–H groups in total. The topological polar surface area (TPSA) is 126 Å². The predicted molar refractivity (Wildman–Crippen MR) is 123 cm³/mol. The molecule has 4 heterocycles. The van der Waals surface area contributed by atoms with E-state index in [1.54, 1.807) is 18.3 Å². The SMILES string of the molecule is CCCCn1c(=O)[nH]c(=O)c2c1nc(CN1CCN(S(=O)(=O)c3cccnc3)CC1)n2CC. The van der Waals surface area contributed by atoms with Crippen molar-refractivity contribution < 1.29 is 8.42 Å². The number of nitrogens with zero attached hydrogens (tertiary/aromatic N) is 6. The number of aromatic amines is 1. The van der Waals surface area contributed by atoms with E-state index in [1.807, 2.05) is 18.4 Å². The Bertz CT molecular complexity index is 1340. The smallest absolute Gasteiger partial charge is 0.321 e. The molecule has 0 bridgehead atoms. The number of imidazole rings is 1. The molecule has 1 fully saturated rings. The number of aromatic nitrogens is 5. The summed E-state index contributed by atoms with van der Waals surface area (Å²) in [5.74, 6) is 0.692. The average Bonchev–Trinajstić information content (AvgIpc) is 3.18. The van der Waals surface area contributed by atoms with Gasteiger partial charge in [-0.15, -0.1) is 0 Å². The van der Waals surface area contributed by atoms with Crippen molar-refractivity contribution in [2.75, 3.05) is 26.2 Å². The van der Waals surface area contributed by atoms with Gasteiger partial charge in [0, 0.05) is 51.7 Å². The van der Waals surface area contributed by atoms with E-state index < -0.39 is 21.3 Å². The van der Waals surface area contributed by atoms with Crippen molar-refractivity contribution in [2.45, 2.75) is 51.2 Å². The first-order valence-electron chi connectivity index (χ1n) is 11.2. The van der Waals surface area contributed by atoms with E-state index in [2.05, 4.69) is 14.9 Å². The second-order valence-corrected chi connectivity index (χ2v) is 10.0. The summed E-state index contributed by atoms with van der Waals surface area (Å²) >= 11 is 0. The first-order chi connectivity index (χ1) is 15.9. The fourth-order valence-electron chi connectivity index (χ4n) is 4.18. The molecule has 0 radical (unpaired) electrons. The molecule has 3 aromatic heterocycles. The maximum absolute atomic E-state index is 12.8. The van der Waals surface area contributed by atoms with Gasteiger partial charge in [-0.2, -0.15) is 4.31 Å². The number of nitrogens with one attached hydrogen (secondary N) is 1. The molecule has 12 heteroatoms. The van der Waals surface area contributed by atoms with Crippen LogP contribution in [0.2, 0.25) is 0 Å². The standard InChI is InChI=1S/C21H29N7O4S/c1-3-5-9-28-19-18(20(29)24-21(28)30)27(4-2)17(23-19)15-25-10-12-26(13-11-25)33(31,32)16-7-6-8-22-14-16/h6-8,14H,3-5,9-13,15H2,1-2H3,(H,24,29,30). The Morgan fingerprint density at radius 2 is 1.85 bits per heavy atom. The number of sulfonamides is 1. The summed E-state index contributed by atoms with van der Waals surface area (Å²) in [4.78, 5) is 38.3. The maximum atomic E-state index is 12.8. The minimum absolute atomic E-state index is 0.190. The van der Waals surface area contributed by atoms with Crippen LogP contribution in [-0.4, -0.2) is 67.9 Å². The largest absolute Gasteiger partial charge is 0.330 e. The minimum atomic E-state index is -3.58. The van der Waals surface area contributed by atoms with Crippen molar-refractivity contribution in [2.24, 2.45) is 0 Å². The molecule has 0 amide bonds. The van der Waals surface area contributed by atoms with Gasteiger partial charge in [0.15, 0.2) is 11.2 Å². The molecule has 0 unspecified atom stereocenters. The predicted octanol–water partition coefficient (Wildman–Crippen LogP) is 0.608. The average molecular weight is 476 g/mol. The van der Waals surface area contributed by atoms with Crippen LogP contribution in [0.15, 0.2) is 39.0 Å². The first-order valence-corrected chi connectivity index (χ1v) is 12.7. The Hall–Kier alpha value is -2.83. The highest BCUT2D eigenvalue weighted by atomic mass is 32.2. The van der Waals surface area contributed by atoms with Crippen molar-refractivity contribution in [3.63, 3.8) is 0 Å². The summed E-state index contributed by atoms with van der Waals surface area (Å²) in [6.45, 7) is 7.24. The lowest BCUT2D eigenvalue weighted by Crippen LogP contribution is -2.48. The Morgan fingerprint density at radius 1 is 1.09 bits per heavy atom. The molecule has 4 rings (SSSR count). The fourth-order valence-corrected chi connectivity index (χ4v) is 5.57. The van der Waals surface area contributed by atoms with Crippen LogP contribution in [0.3, 0.4) is 0 Å². The van der Waals surface area contributed by atoms with E-state index in [-0.39, 0.29) is 4.90 Å². The van der Waals surface area contributed by atoms with Crippen molar-refractivity contribution in [3.8, 4) is 0 Å². The number of H-pyrrole nitrogens is 1. The number of hydrogen-bond acceptors (Lipinski definition) is 7. The van der Waals surface area contributed by atoms with E-state index in [0.717, 1.165) is 12.8 Å². The number of unbranched alkanes of at least 4 members (excludes halogenated alkanes) is 1. The van der Waals surface area contributed by atoms with Crippen LogP contribution in [-0.2, 0) is 29.7 Å². The van der Waals surface area contributed by atoms with Crippen molar-refractivity contribution >= 4 is 21.2 Å². The molecular weight excluding hydrogens is 446 g/mol. The van der Waals surface area contributed by atoms with E-state index in [0.29, 0.717) is 62.8 Å². The second-order valence-electron chi connectivity index (χ2n) is 8.08. The molecular formula is C21H29N7O4S. The van der Waals surface area contributed by atoms with Gasteiger partial charge < -0.3 is 4.57 Å². The second kappa shape index (κ2) is 9.57. The van der Waals surface area contributed by atoms with Crippen LogP contribution < -0.4 is 11.2 Å². The van der Waals surface area contributed by atoms with Gasteiger partial charge >= 0.3 is 5.69 Å². The number of fused-ring (bicyclic) bond motifs is 1. The summed E-state index contributed by atoms with van der Waals surface area (Å²) < 4.78 is 30.5. The molecule has 3 aromatic rings. The van der Waals surface area contributed by atoms with E-state index in [4.69, 9.17) is 4.98 Å². The zero-order valence-electron chi connectivity index (χ0n) is 18.9. The summed E-state index contributed by atoms with van der Waals surface area (Å²) in [6, 6.07) is 3.16. The molecule has 1 saturated heterocycles. The third-order valence-corrected chi connectivity index (χ3v) is 7.87. The lowest BCUT2D eigenvalue weighted by Gasteiger charge is -2.33. The summed E-state index contributed by atoms with van der Waals surface area (Å²) in [7, 11) is -3.58. The molecule has 1 aliphatic heterocycles. The molecule has 0 saturated carbocycles.